The first-order valence-electron chi connectivity index (χ1n) is 9.21. The number of benzene rings is 2. The van der Waals surface area contributed by atoms with Gasteiger partial charge in [0.25, 0.3) is 0 Å². The summed E-state index contributed by atoms with van der Waals surface area (Å²) in [5.41, 5.74) is 1.48. The van der Waals surface area contributed by atoms with Gasteiger partial charge >= 0.3 is 0 Å². The molecule has 0 saturated carbocycles. The third-order valence-corrected chi connectivity index (χ3v) is 5.63. The van der Waals surface area contributed by atoms with Crippen molar-refractivity contribution in [3.8, 4) is 11.5 Å². The number of carbonyl (C=O) groups excluding carboxylic acids is 1. The Morgan fingerprint density at radius 2 is 2.04 bits per heavy atom. The lowest BCUT2D eigenvalue weighted by molar-refractivity contribution is -0.120. The average molecular weight is 391 g/mol. The maximum absolute atomic E-state index is 13.1. The van der Waals surface area contributed by atoms with Crippen LogP contribution in [0.3, 0.4) is 0 Å². The molecule has 1 N–H and O–H groups in total. The van der Waals surface area contributed by atoms with Crippen LogP contribution in [-0.2, 0) is 11.2 Å². The summed E-state index contributed by atoms with van der Waals surface area (Å²) in [5.74, 6) is 1.58. The second-order valence-electron chi connectivity index (χ2n) is 6.77. The van der Waals surface area contributed by atoms with Gasteiger partial charge in [0.1, 0.15) is 23.1 Å². The van der Waals surface area contributed by atoms with E-state index in [0.717, 1.165) is 29.1 Å². The summed E-state index contributed by atoms with van der Waals surface area (Å²) >= 11 is 1.63. The standard InChI is InChI=1S/C22H27FO3S/c1-15(17(3)24)13-18-9-10-21(16(2)22(18)25)26-11-4-5-12-27-20-8-6-7-19(23)14-20/h6-10,14-15,25H,4-5,11-13H2,1-3H3. The van der Waals surface area contributed by atoms with Gasteiger partial charge in [-0.1, -0.05) is 19.1 Å². The molecule has 0 aliphatic heterocycles. The van der Waals surface area contributed by atoms with Crippen LogP contribution in [0.4, 0.5) is 4.39 Å². The molecule has 0 aliphatic rings. The largest absolute Gasteiger partial charge is 0.507 e. The highest BCUT2D eigenvalue weighted by molar-refractivity contribution is 7.99. The first-order chi connectivity index (χ1) is 12.9. The number of hydrogen-bond donors (Lipinski definition) is 1. The second-order valence-corrected chi connectivity index (χ2v) is 7.94. The minimum absolute atomic E-state index is 0.113. The van der Waals surface area contributed by atoms with Gasteiger partial charge in [-0.3, -0.25) is 4.79 Å². The number of halogens is 1. The van der Waals surface area contributed by atoms with E-state index < -0.39 is 0 Å². The van der Waals surface area contributed by atoms with Crippen molar-refractivity contribution < 1.29 is 19.0 Å². The molecule has 146 valence electrons. The molecular formula is C22H27FO3S. The number of hydrogen-bond acceptors (Lipinski definition) is 4. The number of ketones is 1. The normalized spacial score (nSPS) is 12.0. The number of unbranched alkanes of at least 4 members (excludes halogenated alkanes) is 1. The Morgan fingerprint density at radius 3 is 2.74 bits per heavy atom. The van der Waals surface area contributed by atoms with E-state index in [4.69, 9.17) is 4.74 Å². The Morgan fingerprint density at radius 1 is 1.26 bits per heavy atom. The Balaban J connectivity index is 1.77. The molecule has 0 amide bonds. The van der Waals surface area contributed by atoms with Gasteiger partial charge in [-0.05, 0) is 68.7 Å². The van der Waals surface area contributed by atoms with Crippen molar-refractivity contribution in [3.63, 3.8) is 0 Å². The van der Waals surface area contributed by atoms with Crippen molar-refractivity contribution in [2.75, 3.05) is 12.4 Å². The topological polar surface area (TPSA) is 46.5 Å². The maximum atomic E-state index is 13.1. The molecule has 2 aromatic rings. The molecular weight excluding hydrogens is 363 g/mol. The zero-order valence-corrected chi connectivity index (χ0v) is 16.9. The predicted molar refractivity (Wildman–Crippen MR) is 108 cm³/mol. The van der Waals surface area contributed by atoms with Crippen molar-refractivity contribution >= 4 is 17.5 Å². The van der Waals surface area contributed by atoms with Crippen molar-refractivity contribution in [1.29, 1.82) is 0 Å². The number of thioether (sulfide) groups is 1. The average Bonchev–Trinajstić information content (AvgIpc) is 2.63. The Labute approximate surface area is 164 Å². The maximum Gasteiger partial charge on any atom is 0.132 e. The molecule has 2 aromatic carbocycles. The zero-order chi connectivity index (χ0) is 19.8. The first-order valence-corrected chi connectivity index (χ1v) is 10.2. The highest BCUT2D eigenvalue weighted by Crippen LogP contribution is 2.32. The minimum atomic E-state index is -0.209. The molecule has 27 heavy (non-hydrogen) atoms. The van der Waals surface area contributed by atoms with Crippen molar-refractivity contribution in [3.05, 3.63) is 53.3 Å². The fourth-order valence-electron chi connectivity index (χ4n) is 2.67. The number of rotatable bonds is 10. The van der Waals surface area contributed by atoms with Gasteiger partial charge in [0.05, 0.1) is 6.61 Å². The highest BCUT2D eigenvalue weighted by Gasteiger charge is 2.15. The summed E-state index contributed by atoms with van der Waals surface area (Å²) < 4.78 is 18.9. The third-order valence-electron chi connectivity index (χ3n) is 4.55. The van der Waals surface area contributed by atoms with E-state index in [-0.39, 0.29) is 23.3 Å². The lowest BCUT2D eigenvalue weighted by atomic mass is 9.95. The lowest BCUT2D eigenvalue weighted by Crippen LogP contribution is -2.10. The molecule has 0 bridgehead atoms. The Kier molecular flexibility index (Phi) is 8.17. The predicted octanol–water partition coefficient (Wildman–Crippen LogP) is 5.56. The summed E-state index contributed by atoms with van der Waals surface area (Å²) in [6.45, 7) is 5.82. The van der Waals surface area contributed by atoms with E-state index >= 15 is 0 Å². The van der Waals surface area contributed by atoms with Crippen LogP contribution in [-0.4, -0.2) is 23.2 Å². The number of Topliss-reactive ketones (excluding diaryl/α,β-unsaturated/α-hetero) is 1. The van der Waals surface area contributed by atoms with Crippen LogP contribution >= 0.6 is 11.8 Å². The van der Waals surface area contributed by atoms with Crippen molar-refractivity contribution in [2.24, 2.45) is 5.92 Å². The monoisotopic (exact) mass is 390 g/mol. The summed E-state index contributed by atoms with van der Waals surface area (Å²) in [6.07, 6.45) is 2.37. The molecule has 0 aliphatic carbocycles. The molecule has 0 spiro atoms. The van der Waals surface area contributed by atoms with Crippen molar-refractivity contribution in [2.45, 2.75) is 44.9 Å². The molecule has 0 aromatic heterocycles. The molecule has 1 unspecified atom stereocenters. The van der Waals surface area contributed by atoms with Gasteiger partial charge in [-0.2, -0.15) is 0 Å². The SMILES string of the molecule is CC(=O)C(C)Cc1ccc(OCCCCSc2cccc(F)c2)c(C)c1O. The van der Waals surface area contributed by atoms with Crippen LogP contribution in [0.25, 0.3) is 0 Å². The van der Waals surface area contributed by atoms with E-state index in [1.165, 1.54) is 6.07 Å². The molecule has 3 nitrogen and oxygen atoms in total. The van der Waals surface area contributed by atoms with Gasteiger partial charge in [0.2, 0.25) is 0 Å². The van der Waals surface area contributed by atoms with Crippen LogP contribution in [0.2, 0.25) is 0 Å². The number of carbonyl (C=O) groups is 1. The van der Waals surface area contributed by atoms with Gasteiger partial charge < -0.3 is 9.84 Å². The quantitative estimate of drug-likeness (QED) is 0.426. The second kappa shape index (κ2) is 10.4. The van der Waals surface area contributed by atoms with Crippen LogP contribution in [0.5, 0.6) is 11.5 Å². The van der Waals surface area contributed by atoms with E-state index in [1.54, 1.807) is 30.8 Å². The van der Waals surface area contributed by atoms with Crippen molar-refractivity contribution in [1.82, 2.24) is 0 Å². The highest BCUT2D eigenvalue weighted by atomic mass is 32.2. The zero-order valence-electron chi connectivity index (χ0n) is 16.1. The summed E-state index contributed by atoms with van der Waals surface area (Å²) in [6, 6.07) is 10.3. The lowest BCUT2D eigenvalue weighted by Gasteiger charge is -2.15. The van der Waals surface area contributed by atoms with Gasteiger partial charge in [0, 0.05) is 16.4 Å². The van der Waals surface area contributed by atoms with E-state index in [1.807, 2.05) is 32.0 Å². The molecule has 0 radical (unpaired) electrons. The smallest absolute Gasteiger partial charge is 0.132 e. The number of aromatic hydroxyl groups is 1. The Hall–Kier alpha value is -2.01. The van der Waals surface area contributed by atoms with E-state index in [2.05, 4.69) is 0 Å². The minimum Gasteiger partial charge on any atom is -0.507 e. The van der Waals surface area contributed by atoms with Crippen LogP contribution in [0.15, 0.2) is 41.3 Å². The van der Waals surface area contributed by atoms with Gasteiger partial charge in [0.15, 0.2) is 0 Å². The molecule has 0 saturated heterocycles. The first kappa shape index (κ1) is 21.3. The molecule has 5 heteroatoms. The Bertz CT molecular complexity index is 776. The number of phenols is 1. The summed E-state index contributed by atoms with van der Waals surface area (Å²) in [4.78, 5) is 12.4. The molecule has 1 atom stereocenters. The summed E-state index contributed by atoms with van der Waals surface area (Å²) in [7, 11) is 0. The number of phenolic OH excluding ortho intramolecular Hbond substituents is 1. The molecule has 2 rings (SSSR count). The number of ether oxygens (including phenoxy) is 1. The molecule has 0 heterocycles. The fraction of sp³-hybridized carbons (Fsp3) is 0.409. The van der Waals surface area contributed by atoms with Crippen LogP contribution in [0, 0.1) is 18.7 Å². The van der Waals surface area contributed by atoms with Crippen LogP contribution in [0.1, 0.15) is 37.8 Å². The third kappa shape index (κ3) is 6.58. The molecule has 0 fully saturated rings. The van der Waals surface area contributed by atoms with Gasteiger partial charge in [-0.25, -0.2) is 4.39 Å². The fourth-order valence-corrected chi connectivity index (χ4v) is 3.62. The van der Waals surface area contributed by atoms with E-state index in [9.17, 15) is 14.3 Å². The summed E-state index contributed by atoms with van der Waals surface area (Å²) in [5, 5.41) is 10.4. The van der Waals surface area contributed by atoms with Gasteiger partial charge in [-0.15, -0.1) is 11.8 Å². The van der Waals surface area contributed by atoms with Crippen LogP contribution < -0.4 is 4.74 Å². The van der Waals surface area contributed by atoms with E-state index in [0.29, 0.717) is 24.3 Å².